The Kier molecular flexibility index (Phi) is 4.85. The molecule has 6 nitrogen and oxygen atoms in total. The second-order valence-corrected chi connectivity index (χ2v) is 7.21. The second-order valence-electron chi connectivity index (χ2n) is 7.21. The number of halogens is 2. The van der Waals surface area contributed by atoms with E-state index in [1.807, 2.05) is 6.92 Å². The number of hydrogen-bond donors (Lipinski definition) is 0. The lowest BCUT2D eigenvalue weighted by Crippen LogP contribution is -2.30. The van der Waals surface area contributed by atoms with Crippen molar-refractivity contribution in [2.24, 2.45) is 7.05 Å². The number of carbonyl (C=O) groups is 1. The summed E-state index contributed by atoms with van der Waals surface area (Å²) in [5.74, 6) is -1.63. The van der Waals surface area contributed by atoms with Crippen molar-refractivity contribution in [3.63, 3.8) is 0 Å². The number of carbonyl (C=O) groups excluding carboxylic acids is 1. The van der Waals surface area contributed by atoms with Crippen LogP contribution in [-0.2, 0) is 7.05 Å². The number of amides is 1. The lowest BCUT2D eigenvalue weighted by Gasteiger charge is -2.26. The highest BCUT2D eigenvalue weighted by Crippen LogP contribution is 2.30. The molecule has 0 aliphatic carbocycles. The van der Waals surface area contributed by atoms with Crippen molar-refractivity contribution in [3.05, 3.63) is 71.1 Å². The molecule has 0 fully saturated rings. The quantitative estimate of drug-likeness (QED) is 0.491. The first-order valence-corrected chi connectivity index (χ1v) is 9.38. The van der Waals surface area contributed by atoms with Crippen LogP contribution in [-0.4, -0.2) is 32.6 Å². The summed E-state index contributed by atoms with van der Waals surface area (Å²) in [6, 6.07) is 8.33. The van der Waals surface area contributed by atoms with Gasteiger partial charge in [-0.3, -0.25) is 9.48 Å². The Morgan fingerprint density at radius 3 is 2.63 bits per heavy atom. The maximum Gasteiger partial charge on any atom is 0.254 e. The molecular weight excluding hydrogens is 390 g/mol. The molecule has 1 atom stereocenters. The van der Waals surface area contributed by atoms with Crippen LogP contribution in [0.2, 0.25) is 0 Å². The zero-order chi connectivity index (χ0) is 21.6. The number of nitrogens with zero attached hydrogens (tertiary/aromatic N) is 4. The molecule has 0 saturated heterocycles. The molecule has 0 bridgehead atoms. The van der Waals surface area contributed by atoms with E-state index in [0.29, 0.717) is 39.3 Å². The van der Waals surface area contributed by atoms with Crippen LogP contribution in [0.1, 0.15) is 34.6 Å². The summed E-state index contributed by atoms with van der Waals surface area (Å²) >= 11 is 0. The molecule has 0 spiro atoms. The Hall–Kier alpha value is -3.55. The normalized spacial score (nSPS) is 12.3. The van der Waals surface area contributed by atoms with Crippen LogP contribution in [0, 0.1) is 18.6 Å². The van der Waals surface area contributed by atoms with E-state index in [1.165, 1.54) is 17.2 Å². The van der Waals surface area contributed by atoms with Gasteiger partial charge >= 0.3 is 0 Å². The van der Waals surface area contributed by atoms with Gasteiger partial charge in [-0.1, -0.05) is 6.07 Å². The number of aryl methyl sites for hydroxylation is 2. The number of aromatic nitrogens is 3. The van der Waals surface area contributed by atoms with Gasteiger partial charge in [-0.15, -0.1) is 0 Å². The molecule has 1 aromatic carbocycles. The van der Waals surface area contributed by atoms with Crippen LogP contribution < -0.4 is 0 Å². The van der Waals surface area contributed by atoms with Crippen molar-refractivity contribution in [1.82, 2.24) is 19.7 Å². The Balaban J connectivity index is 1.81. The SMILES string of the molecule is Cc1nn(C)c2nc(-c3ccco3)cc(C(=O)N(C)C(C)c3ccc(F)c(F)c3)c12. The Bertz CT molecular complexity index is 1250. The third kappa shape index (κ3) is 3.24. The van der Waals surface area contributed by atoms with Crippen LogP contribution in [0.25, 0.3) is 22.5 Å². The van der Waals surface area contributed by atoms with Gasteiger partial charge in [0.1, 0.15) is 5.69 Å². The molecule has 0 aliphatic rings. The summed E-state index contributed by atoms with van der Waals surface area (Å²) in [6.07, 6.45) is 1.54. The third-order valence-electron chi connectivity index (χ3n) is 5.30. The molecule has 0 N–H and O–H groups in total. The number of rotatable bonds is 4. The van der Waals surface area contributed by atoms with Gasteiger partial charge in [0.15, 0.2) is 23.0 Å². The first-order valence-electron chi connectivity index (χ1n) is 9.38. The first-order chi connectivity index (χ1) is 14.3. The van der Waals surface area contributed by atoms with E-state index in [1.54, 1.807) is 43.9 Å². The molecule has 0 saturated carbocycles. The molecule has 3 aromatic heterocycles. The fourth-order valence-corrected chi connectivity index (χ4v) is 3.53. The van der Waals surface area contributed by atoms with Crippen molar-refractivity contribution >= 4 is 16.9 Å². The van der Waals surface area contributed by atoms with E-state index in [9.17, 15) is 13.6 Å². The van der Waals surface area contributed by atoms with Crippen LogP contribution >= 0.6 is 0 Å². The molecule has 3 heterocycles. The van der Waals surface area contributed by atoms with E-state index in [-0.39, 0.29) is 5.91 Å². The standard InChI is InChI=1S/C22H20F2N4O2/c1-12-20-15(11-18(19-6-5-9-30-19)25-21(20)28(4)26-12)22(29)27(3)13(2)14-7-8-16(23)17(24)10-14/h5-11,13H,1-4H3. The minimum absolute atomic E-state index is 0.288. The summed E-state index contributed by atoms with van der Waals surface area (Å²) < 4.78 is 34.1. The summed E-state index contributed by atoms with van der Waals surface area (Å²) in [7, 11) is 3.38. The summed E-state index contributed by atoms with van der Waals surface area (Å²) in [4.78, 5) is 19.6. The largest absolute Gasteiger partial charge is 0.463 e. The molecule has 0 radical (unpaired) electrons. The van der Waals surface area contributed by atoms with Gasteiger partial charge in [-0.05, 0) is 49.7 Å². The molecular formula is C22H20F2N4O2. The monoisotopic (exact) mass is 410 g/mol. The minimum atomic E-state index is -0.949. The molecule has 0 aliphatic heterocycles. The fourth-order valence-electron chi connectivity index (χ4n) is 3.53. The van der Waals surface area contributed by atoms with Gasteiger partial charge in [0.2, 0.25) is 0 Å². The topological polar surface area (TPSA) is 64.2 Å². The van der Waals surface area contributed by atoms with Gasteiger partial charge < -0.3 is 9.32 Å². The lowest BCUT2D eigenvalue weighted by molar-refractivity contribution is 0.0744. The maximum absolute atomic E-state index is 13.7. The average Bonchev–Trinajstić information content (AvgIpc) is 3.36. The summed E-state index contributed by atoms with van der Waals surface area (Å²) in [6.45, 7) is 3.57. The van der Waals surface area contributed by atoms with Crippen molar-refractivity contribution in [2.75, 3.05) is 7.05 Å². The third-order valence-corrected chi connectivity index (χ3v) is 5.30. The Labute approximate surface area is 171 Å². The molecule has 4 aromatic rings. The zero-order valence-electron chi connectivity index (χ0n) is 17.0. The van der Waals surface area contributed by atoms with Gasteiger partial charge in [-0.25, -0.2) is 13.8 Å². The van der Waals surface area contributed by atoms with E-state index >= 15 is 0 Å². The van der Waals surface area contributed by atoms with E-state index in [0.717, 1.165) is 12.1 Å². The lowest BCUT2D eigenvalue weighted by atomic mass is 10.0. The minimum Gasteiger partial charge on any atom is -0.463 e. The number of hydrogen-bond acceptors (Lipinski definition) is 4. The van der Waals surface area contributed by atoms with Gasteiger partial charge in [-0.2, -0.15) is 5.10 Å². The van der Waals surface area contributed by atoms with Crippen LogP contribution in [0.5, 0.6) is 0 Å². The van der Waals surface area contributed by atoms with Crippen molar-refractivity contribution in [2.45, 2.75) is 19.9 Å². The van der Waals surface area contributed by atoms with E-state index in [4.69, 9.17) is 4.42 Å². The summed E-state index contributed by atoms with van der Waals surface area (Å²) in [5, 5.41) is 5.04. The summed E-state index contributed by atoms with van der Waals surface area (Å²) in [5.41, 5.74) is 2.63. The van der Waals surface area contributed by atoms with E-state index < -0.39 is 17.7 Å². The Morgan fingerprint density at radius 2 is 1.97 bits per heavy atom. The van der Waals surface area contributed by atoms with Crippen LogP contribution in [0.15, 0.2) is 47.1 Å². The molecule has 4 rings (SSSR count). The zero-order valence-corrected chi connectivity index (χ0v) is 17.0. The number of furan rings is 1. The smallest absolute Gasteiger partial charge is 0.254 e. The molecule has 1 amide bonds. The van der Waals surface area contributed by atoms with Gasteiger partial charge in [0, 0.05) is 14.1 Å². The predicted molar refractivity (Wildman–Crippen MR) is 108 cm³/mol. The molecule has 1 unspecified atom stereocenters. The number of benzene rings is 1. The Morgan fingerprint density at radius 1 is 1.20 bits per heavy atom. The van der Waals surface area contributed by atoms with Gasteiger partial charge in [0.05, 0.1) is 28.9 Å². The molecule has 154 valence electrons. The highest BCUT2D eigenvalue weighted by Gasteiger charge is 2.25. The number of fused-ring (bicyclic) bond motifs is 1. The molecule has 30 heavy (non-hydrogen) atoms. The number of pyridine rings is 1. The highest BCUT2D eigenvalue weighted by atomic mass is 19.2. The second kappa shape index (κ2) is 7.37. The fraction of sp³-hybridized carbons (Fsp3) is 0.227. The molecule has 8 heteroatoms. The first kappa shape index (κ1) is 19.8. The van der Waals surface area contributed by atoms with Crippen molar-refractivity contribution in [3.8, 4) is 11.5 Å². The van der Waals surface area contributed by atoms with Gasteiger partial charge in [0.25, 0.3) is 5.91 Å². The van der Waals surface area contributed by atoms with Crippen LogP contribution in [0.3, 0.4) is 0 Å². The van der Waals surface area contributed by atoms with Crippen molar-refractivity contribution < 1.29 is 18.0 Å². The predicted octanol–water partition coefficient (Wildman–Crippen LogP) is 4.65. The average molecular weight is 410 g/mol. The maximum atomic E-state index is 13.7. The van der Waals surface area contributed by atoms with Crippen LogP contribution in [0.4, 0.5) is 8.78 Å². The van der Waals surface area contributed by atoms with Crippen molar-refractivity contribution in [1.29, 1.82) is 0 Å². The van der Waals surface area contributed by atoms with E-state index in [2.05, 4.69) is 10.1 Å². The highest BCUT2D eigenvalue weighted by molar-refractivity contribution is 6.07.